The molecule has 0 spiro atoms. The second kappa shape index (κ2) is 6.99. The molecule has 17 heavy (non-hydrogen) atoms. The number of halogens is 1. The van der Waals surface area contributed by atoms with Crippen LogP contribution in [0.4, 0.5) is 5.69 Å². The predicted octanol–water partition coefficient (Wildman–Crippen LogP) is 2.94. The van der Waals surface area contributed by atoms with E-state index >= 15 is 0 Å². The molecule has 2 N–H and O–H groups in total. The summed E-state index contributed by atoms with van der Waals surface area (Å²) in [4.78, 5) is 2.17. The van der Waals surface area contributed by atoms with Gasteiger partial charge in [0.15, 0.2) is 0 Å². The molecule has 0 heterocycles. The minimum Gasteiger partial charge on any atom is -0.380 e. The van der Waals surface area contributed by atoms with Gasteiger partial charge in [0.1, 0.15) is 0 Å². The van der Waals surface area contributed by atoms with Crippen LogP contribution in [0.25, 0.3) is 0 Å². The average molecular weight is 301 g/mol. The van der Waals surface area contributed by atoms with Crippen LogP contribution in [0.1, 0.15) is 25.5 Å². The first kappa shape index (κ1) is 14.5. The summed E-state index contributed by atoms with van der Waals surface area (Å²) < 4.78 is 6.41. The molecule has 96 valence electrons. The summed E-state index contributed by atoms with van der Waals surface area (Å²) in [5, 5.41) is 0. The Morgan fingerprint density at radius 1 is 1.47 bits per heavy atom. The zero-order chi connectivity index (χ0) is 12.8. The molecule has 1 rings (SSSR count). The lowest BCUT2D eigenvalue weighted by Gasteiger charge is -2.20. The lowest BCUT2D eigenvalue weighted by Crippen LogP contribution is -2.22. The predicted molar refractivity (Wildman–Crippen MR) is 76.5 cm³/mol. The minimum atomic E-state index is 0.0483. The standard InChI is InChI=1S/C13H21BrN2O/c1-4-17-8-7-16(3)11-5-6-12(10(2)15)13(14)9-11/h5-6,9-10H,4,7-8,15H2,1-3H3/t10-/m0/s1. The van der Waals surface area contributed by atoms with Crippen molar-refractivity contribution in [1.82, 2.24) is 0 Å². The van der Waals surface area contributed by atoms with E-state index in [9.17, 15) is 0 Å². The first-order valence-electron chi connectivity index (χ1n) is 5.90. The van der Waals surface area contributed by atoms with Gasteiger partial charge in [0, 0.05) is 36.4 Å². The zero-order valence-corrected chi connectivity index (χ0v) is 12.3. The van der Waals surface area contributed by atoms with E-state index in [0.717, 1.165) is 29.8 Å². The Morgan fingerprint density at radius 3 is 2.71 bits per heavy atom. The number of likely N-dealkylation sites (N-methyl/N-ethyl adjacent to an activating group) is 1. The van der Waals surface area contributed by atoms with Crippen LogP contribution in [0.5, 0.6) is 0 Å². The van der Waals surface area contributed by atoms with Gasteiger partial charge in [-0.1, -0.05) is 22.0 Å². The van der Waals surface area contributed by atoms with Crippen molar-refractivity contribution in [3.63, 3.8) is 0 Å². The zero-order valence-electron chi connectivity index (χ0n) is 10.7. The van der Waals surface area contributed by atoms with Gasteiger partial charge in [0.05, 0.1) is 6.61 Å². The summed E-state index contributed by atoms with van der Waals surface area (Å²) in [5.41, 5.74) is 8.17. The molecule has 1 atom stereocenters. The number of ether oxygens (including phenoxy) is 1. The van der Waals surface area contributed by atoms with Crippen LogP contribution in [-0.4, -0.2) is 26.8 Å². The van der Waals surface area contributed by atoms with E-state index in [4.69, 9.17) is 10.5 Å². The van der Waals surface area contributed by atoms with Crippen LogP contribution < -0.4 is 10.6 Å². The van der Waals surface area contributed by atoms with Crippen LogP contribution in [0.3, 0.4) is 0 Å². The van der Waals surface area contributed by atoms with Gasteiger partial charge in [-0.2, -0.15) is 0 Å². The van der Waals surface area contributed by atoms with Crippen molar-refractivity contribution in [2.45, 2.75) is 19.9 Å². The van der Waals surface area contributed by atoms with Crippen LogP contribution in [0.15, 0.2) is 22.7 Å². The van der Waals surface area contributed by atoms with Crippen molar-refractivity contribution in [3.8, 4) is 0 Å². The summed E-state index contributed by atoms with van der Waals surface area (Å²) in [5.74, 6) is 0. The molecule has 0 aliphatic rings. The Kier molecular flexibility index (Phi) is 5.95. The molecule has 4 heteroatoms. The Labute approximate surface area is 112 Å². The van der Waals surface area contributed by atoms with Crippen molar-refractivity contribution in [1.29, 1.82) is 0 Å². The summed E-state index contributed by atoms with van der Waals surface area (Å²) in [6, 6.07) is 6.31. The largest absolute Gasteiger partial charge is 0.380 e. The number of hydrogen-bond donors (Lipinski definition) is 1. The molecule has 3 nitrogen and oxygen atoms in total. The van der Waals surface area contributed by atoms with Crippen molar-refractivity contribution < 1.29 is 4.74 Å². The summed E-state index contributed by atoms with van der Waals surface area (Å²) in [6.07, 6.45) is 0. The van der Waals surface area contributed by atoms with E-state index in [-0.39, 0.29) is 6.04 Å². The van der Waals surface area contributed by atoms with E-state index in [2.05, 4.69) is 46.1 Å². The number of nitrogens with two attached hydrogens (primary N) is 1. The molecule has 0 bridgehead atoms. The molecule has 0 saturated carbocycles. The Hall–Kier alpha value is -0.580. The number of anilines is 1. The molecule has 0 aromatic heterocycles. The van der Waals surface area contributed by atoms with Crippen LogP contribution in [-0.2, 0) is 4.74 Å². The van der Waals surface area contributed by atoms with E-state index in [1.54, 1.807) is 0 Å². The van der Waals surface area contributed by atoms with Crippen molar-refractivity contribution in [2.24, 2.45) is 5.73 Å². The average Bonchev–Trinajstić information content (AvgIpc) is 2.28. The molecule has 0 fully saturated rings. The fourth-order valence-corrected chi connectivity index (χ4v) is 2.33. The number of nitrogens with zero attached hydrogens (tertiary/aromatic N) is 1. The normalized spacial score (nSPS) is 12.5. The summed E-state index contributed by atoms with van der Waals surface area (Å²) in [6.45, 7) is 6.39. The van der Waals surface area contributed by atoms with Crippen molar-refractivity contribution in [3.05, 3.63) is 28.2 Å². The third kappa shape index (κ3) is 4.30. The highest BCUT2D eigenvalue weighted by Crippen LogP contribution is 2.26. The first-order chi connectivity index (χ1) is 8.06. The Bertz CT molecular complexity index is 355. The van der Waals surface area contributed by atoms with Gasteiger partial charge in [-0.05, 0) is 31.5 Å². The molecule has 0 radical (unpaired) electrons. The van der Waals surface area contributed by atoms with Crippen LogP contribution >= 0.6 is 15.9 Å². The van der Waals surface area contributed by atoms with E-state index < -0.39 is 0 Å². The highest BCUT2D eigenvalue weighted by Gasteiger charge is 2.07. The van der Waals surface area contributed by atoms with Crippen molar-refractivity contribution in [2.75, 3.05) is 31.7 Å². The summed E-state index contributed by atoms with van der Waals surface area (Å²) >= 11 is 3.56. The number of rotatable bonds is 6. The third-order valence-electron chi connectivity index (χ3n) is 2.69. The topological polar surface area (TPSA) is 38.5 Å². The molecular weight excluding hydrogens is 280 g/mol. The second-order valence-corrected chi connectivity index (χ2v) is 4.97. The quantitative estimate of drug-likeness (QED) is 0.821. The third-order valence-corrected chi connectivity index (χ3v) is 3.38. The highest BCUT2D eigenvalue weighted by atomic mass is 79.9. The Morgan fingerprint density at radius 2 is 2.18 bits per heavy atom. The van der Waals surface area contributed by atoms with Gasteiger partial charge < -0.3 is 15.4 Å². The second-order valence-electron chi connectivity index (χ2n) is 4.11. The fraction of sp³-hybridized carbons (Fsp3) is 0.538. The molecule has 0 aliphatic carbocycles. The number of benzene rings is 1. The van der Waals surface area contributed by atoms with Gasteiger partial charge in [0.2, 0.25) is 0 Å². The van der Waals surface area contributed by atoms with E-state index in [1.807, 2.05) is 13.8 Å². The van der Waals surface area contributed by atoms with Gasteiger partial charge in [-0.3, -0.25) is 0 Å². The van der Waals surface area contributed by atoms with Gasteiger partial charge in [-0.25, -0.2) is 0 Å². The van der Waals surface area contributed by atoms with E-state index in [0.29, 0.717) is 0 Å². The van der Waals surface area contributed by atoms with E-state index in [1.165, 1.54) is 5.69 Å². The summed E-state index contributed by atoms with van der Waals surface area (Å²) in [7, 11) is 2.06. The minimum absolute atomic E-state index is 0.0483. The molecule has 0 unspecified atom stereocenters. The molecule has 0 aliphatic heterocycles. The molecule has 1 aromatic rings. The SMILES string of the molecule is CCOCCN(C)c1ccc([C@H](C)N)c(Br)c1. The lowest BCUT2D eigenvalue weighted by atomic mass is 10.1. The number of hydrogen-bond acceptors (Lipinski definition) is 3. The monoisotopic (exact) mass is 300 g/mol. The maximum atomic E-state index is 5.88. The molecule has 0 saturated heterocycles. The van der Waals surface area contributed by atoms with Gasteiger partial charge in [0.25, 0.3) is 0 Å². The highest BCUT2D eigenvalue weighted by molar-refractivity contribution is 9.10. The lowest BCUT2D eigenvalue weighted by molar-refractivity contribution is 0.154. The van der Waals surface area contributed by atoms with Gasteiger partial charge >= 0.3 is 0 Å². The molecular formula is C13H21BrN2O. The maximum Gasteiger partial charge on any atom is 0.0641 e. The Balaban J connectivity index is 2.69. The van der Waals surface area contributed by atoms with Crippen LogP contribution in [0, 0.1) is 0 Å². The smallest absolute Gasteiger partial charge is 0.0641 e. The molecule has 0 amide bonds. The molecule has 1 aromatic carbocycles. The van der Waals surface area contributed by atoms with Crippen molar-refractivity contribution >= 4 is 21.6 Å². The first-order valence-corrected chi connectivity index (χ1v) is 6.69. The fourth-order valence-electron chi connectivity index (χ4n) is 1.60. The van der Waals surface area contributed by atoms with Gasteiger partial charge in [-0.15, -0.1) is 0 Å². The maximum absolute atomic E-state index is 5.88. The van der Waals surface area contributed by atoms with Crippen LogP contribution in [0.2, 0.25) is 0 Å².